The van der Waals surface area contributed by atoms with Crippen molar-refractivity contribution in [2.45, 2.75) is 26.9 Å². The number of hydrogen-bond acceptors (Lipinski definition) is 5. The third kappa shape index (κ3) is 4.90. The minimum Gasteiger partial charge on any atom is -0.321 e. The van der Waals surface area contributed by atoms with Gasteiger partial charge in [0.15, 0.2) is 17.5 Å². The average Bonchev–Trinajstić information content (AvgIpc) is 2.84. The monoisotopic (exact) mass is 449 g/mol. The molecular weight excluding hydrogens is 424 g/mol. The van der Waals surface area contributed by atoms with Gasteiger partial charge >= 0.3 is 0 Å². The van der Waals surface area contributed by atoms with Crippen LogP contribution in [0.15, 0.2) is 65.8 Å². The van der Waals surface area contributed by atoms with Gasteiger partial charge in [0.05, 0.1) is 18.3 Å². The van der Waals surface area contributed by atoms with Gasteiger partial charge in [-0.2, -0.15) is 0 Å². The van der Waals surface area contributed by atoms with Gasteiger partial charge in [0, 0.05) is 36.1 Å². The average molecular weight is 450 g/mol. The maximum atomic E-state index is 14.4. The van der Waals surface area contributed by atoms with E-state index in [0.717, 1.165) is 37.0 Å². The van der Waals surface area contributed by atoms with E-state index in [-0.39, 0.29) is 12.1 Å². The molecule has 0 saturated carbocycles. The lowest BCUT2D eigenvalue weighted by atomic mass is 10.1. The molecule has 0 amide bonds. The fourth-order valence-electron chi connectivity index (χ4n) is 3.90. The summed E-state index contributed by atoms with van der Waals surface area (Å²) in [6.45, 7) is 7.15. The maximum absolute atomic E-state index is 14.4. The number of nitrogens with zero attached hydrogens (tertiary/aromatic N) is 4. The van der Waals surface area contributed by atoms with Gasteiger partial charge in [-0.1, -0.05) is 26.0 Å². The van der Waals surface area contributed by atoms with Crippen LogP contribution >= 0.6 is 0 Å². The molecule has 8 heteroatoms. The highest BCUT2D eigenvalue weighted by Gasteiger charge is 2.17. The Morgan fingerprint density at radius 3 is 2.55 bits per heavy atom. The number of pyridine rings is 1. The van der Waals surface area contributed by atoms with Crippen LogP contribution in [0.1, 0.15) is 25.0 Å². The smallest absolute Gasteiger partial charge is 0.248 e. The van der Waals surface area contributed by atoms with Crippen molar-refractivity contribution in [3.05, 3.63) is 94.2 Å². The van der Waals surface area contributed by atoms with Crippen molar-refractivity contribution in [1.29, 1.82) is 0 Å². The highest BCUT2D eigenvalue weighted by atomic mass is 19.2. The van der Waals surface area contributed by atoms with E-state index in [2.05, 4.69) is 45.8 Å². The predicted octanol–water partition coefficient (Wildman–Crippen LogP) is 4.78. The van der Waals surface area contributed by atoms with Crippen molar-refractivity contribution in [3.8, 4) is 0 Å². The molecule has 0 atom stereocenters. The van der Waals surface area contributed by atoms with Crippen molar-refractivity contribution in [2.75, 3.05) is 18.0 Å². The molecule has 0 aliphatic rings. The molecule has 0 unspecified atom stereocenters. The van der Waals surface area contributed by atoms with Gasteiger partial charge in [0.1, 0.15) is 0 Å². The van der Waals surface area contributed by atoms with Crippen LogP contribution in [0, 0.1) is 11.6 Å². The SMILES string of the molecule is CCN(CC)Cc1cccc(N(Cc2cc(=O)[nH]c3c(F)c(F)ccc23)c2cnccn2)c1. The molecule has 2 heterocycles. The quantitative estimate of drug-likeness (QED) is 0.420. The molecule has 33 heavy (non-hydrogen) atoms. The number of aromatic nitrogens is 3. The number of anilines is 2. The fourth-order valence-corrected chi connectivity index (χ4v) is 3.90. The standard InChI is InChI=1S/C25H25F2N5O/c1-3-31(4-2)15-17-6-5-7-19(12-17)32(22-14-28-10-11-29-22)16-18-13-23(33)30-25-20(18)8-9-21(26)24(25)27/h5-14H,3-4,15-16H2,1-2H3,(H,30,33). The first-order valence-electron chi connectivity index (χ1n) is 10.8. The lowest BCUT2D eigenvalue weighted by Crippen LogP contribution is -2.23. The lowest BCUT2D eigenvalue weighted by Gasteiger charge is -2.25. The highest BCUT2D eigenvalue weighted by molar-refractivity contribution is 5.83. The van der Waals surface area contributed by atoms with E-state index in [9.17, 15) is 13.6 Å². The van der Waals surface area contributed by atoms with Crippen molar-refractivity contribution in [2.24, 2.45) is 0 Å². The summed E-state index contributed by atoms with van der Waals surface area (Å²) in [5, 5.41) is 0.432. The topological polar surface area (TPSA) is 65.1 Å². The molecule has 6 nitrogen and oxygen atoms in total. The van der Waals surface area contributed by atoms with Crippen LogP contribution in [0.2, 0.25) is 0 Å². The summed E-state index contributed by atoms with van der Waals surface area (Å²) >= 11 is 0. The Bertz CT molecular complexity index is 1310. The lowest BCUT2D eigenvalue weighted by molar-refractivity contribution is 0.296. The summed E-state index contributed by atoms with van der Waals surface area (Å²) in [6, 6.07) is 12.0. The van der Waals surface area contributed by atoms with Crippen molar-refractivity contribution in [1.82, 2.24) is 19.9 Å². The van der Waals surface area contributed by atoms with Gasteiger partial charge in [-0.25, -0.2) is 13.8 Å². The normalized spacial score (nSPS) is 11.3. The summed E-state index contributed by atoms with van der Waals surface area (Å²) < 4.78 is 28.2. The summed E-state index contributed by atoms with van der Waals surface area (Å²) in [7, 11) is 0. The molecule has 0 aliphatic carbocycles. The molecule has 0 spiro atoms. The summed E-state index contributed by atoms with van der Waals surface area (Å²) in [4.78, 5) is 27.5. The van der Waals surface area contributed by atoms with Gasteiger partial charge in [-0.3, -0.25) is 14.7 Å². The van der Waals surface area contributed by atoms with E-state index >= 15 is 0 Å². The number of aromatic amines is 1. The Kier molecular flexibility index (Phi) is 6.74. The molecule has 4 aromatic rings. The van der Waals surface area contributed by atoms with E-state index < -0.39 is 17.2 Å². The van der Waals surface area contributed by atoms with Gasteiger partial charge in [-0.15, -0.1) is 0 Å². The maximum Gasteiger partial charge on any atom is 0.248 e. The second-order valence-electron chi connectivity index (χ2n) is 7.72. The molecule has 1 N–H and O–H groups in total. The second-order valence-corrected chi connectivity index (χ2v) is 7.72. The molecule has 170 valence electrons. The summed E-state index contributed by atoms with van der Waals surface area (Å²) in [5.41, 5.74) is 1.89. The first-order valence-corrected chi connectivity index (χ1v) is 10.8. The van der Waals surface area contributed by atoms with Crippen molar-refractivity contribution < 1.29 is 8.78 Å². The van der Waals surface area contributed by atoms with E-state index in [4.69, 9.17) is 0 Å². The predicted molar refractivity (Wildman–Crippen MR) is 125 cm³/mol. The van der Waals surface area contributed by atoms with Gasteiger partial charge in [0.2, 0.25) is 5.56 Å². The number of nitrogens with one attached hydrogen (secondary N) is 1. The summed E-state index contributed by atoms with van der Waals surface area (Å²) in [5.74, 6) is -1.50. The van der Waals surface area contributed by atoms with Crippen LogP contribution in [-0.4, -0.2) is 32.9 Å². The Labute approximate surface area is 190 Å². The van der Waals surface area contributed by atoms with Gasteiger partial charge < -0.3 is 9.88 Å². The number of fused-ring (bicyclic) bond motifs is 1. The van der Waals surface area contributed by atoms with Crippen LogP contribution in [0.4, 0.5) is 20.3 Å². The minimum absolute atomic E-state index is 0.146. The molecule has 0 bridgehead atoms. The van der Waals surface area contributed by atoms with E-state index in [1.54, 1.807) is 18.6 Å². The van der Waals surface area contributed by atoms with E-state index in [0.29, 0.717) is 16.8 Å². The molecule has 0 radical (unpaired) electrons. The van der Waals surface area contributed by atoms with Crippen molar-refractivity contribution in [3.63, 3.8) is 0 Å². The summed E-state index contributed by atoms with van der Waals surface area (Å²) in [6.07, 6.45) is 4.80. The Morgan fingerprint density at radius 1 is 1.00 bits per heavy atom. The van der Waals surface area contributed by atoms with Crippen LogP contribution in [0.25, 0.3) is 10.9 Å². The fraction of sp³-hybridized carbons (Fsp3) is 0.240. The number of hydrogen-bond donors (Lipinski definition) is 1. The van der Waals surface area contributed by atoms with E-state index in [1.165, 1.54) is 12.1 Å². The minimum atomic E-state index is -1.07. The first kappa shape index (κ1) is 22.5. The molecule has 2 aromatic heterocycles. The highest BCUT2D eigenvalue weighted by Crippen LogP contribution is 2.29. The molecule has 0 aliphatic heterocycles. The largest absolute Gasteiger partial charge is 0.321 e. The first-order chi connectivity index (χ1) is 16.0. The number of H-pyrrole nitrogens is 1. The Hall–Kier alpha value is -3.65. The van der Waals surface area contributed by atoms with Gasteiger partial charge in [0.25, 0.3) is 0 Å². The number of benzene rings is 2. The molecule has 2 aromatic carbocycles. The third-order valence-corrected chi connectivity index (χ3v) is 5.67. The van der Waals surface area contributed by atoms with Crippen LogP contribution < -0.4 is 10.5 Å². The van der Waals surface area contributed by atoms with Crippen LogP contribution in [0.5, 0.6) is 0 Å². The van der Waals surface area contributed by atoms with E-state index in [1.807, 2.05) is 17.0 Å². The molecule has 0 saturated heterocycles. The molecule has 4 rings (SSSR count). The zero-order valence-corrected chi connectivity index (χ0v) is 18.6. The Morgan fingerprint density at radius 2 is 1.82 bits per heavy atom. The third-order valence-electron chi connectivity index (χ3n) is 5.67. The molecular formula is C25H25F2N5O. The van der Waals surface area contributed by atoms with Crippen LogP contribution in [-0.2, 0) is 13.1 Å². The zero-order valence-electron chi connectivity index (χ0n) is 18.6. The number of halogens is 2. The Balaban J connectivity index is 1.80. The molecule has 0 fully saturated rings. The number of rotatable bonds is 8. The zero-order chi connectivity index (χ0) is 23.4. The second kappa shape index (κ2) is 9.87. The van der Waals surface area contributed by atoms with Gasteiger partial charge in [-0.05, 0) is 48.5 Å². The van der Waals surface area contributed by atoms with Crippen molar-refractivity contribution >= 4 is 22.4 Å². The van der Waals surface area contributed by atoms with Crippen LogP contribution in [0.3, 0.4) is 0 Å².